The first-order chi connectivity index (χ1) is 16.1. The maximum Gasteiger partial charge on any atom is 0.233 e. The molecule has 1 aromatic carbocycles. The summed E-state index contributed by atoms with van der Waals surface area (Å²) in [6, 6.07) is 9.73. The Labute approximate surface area is 194 Å². The SMILES string of the molecule is Cc1cccnc1NC(=O)C1CCCN(C(=O)C2(c3ccc4c(c3)OCCO4)CCCC2)C1. The van der Waals surface area contributed by atoms with Gasteiger partial charge in [0, 0.05) is 19.3 Å². The number of pyridine rings is 1. The molecule has 0 bridgehead atoms. The minimum Gasteiger partial charge on any atom is -0.486 e. The van der Waals surface area contributed by atoms with Gasteiger partial charge in [-0.2, -0.15) is 0 Å². The van der Waals surface area contributed by atoms with Crippen LogP contribution in [-0.4, -0.2) is 48.0 Å². The number of hydrogen-bond donors (Lipinski definition) is 1. The van der Waals surface area contributed by atoms with Crippen molar-refractivity contribution in [3.63, 3.8) is 0 Å². The smallest absolute Gasteiger partial charge is 0.233 e. The fraction of sp³-hybridized carbons (Fsp3) is 0.500. The van der Waals surface area contributed by atoms with Crippen molar-refractivity contribution >= 4 is 17.6 Å². The molecule has 1 atom stereocenters. The fourth-order valence-electron chi connectivity index (χ4n) is 5.46. The lowest BCUT2D eigenvalue weighted by Crippen LogP contribution is -2.51. The summed E-state index contributed by atoms with van der Waals surface area (Å²) in [7, 11) is 0. The molecule has 33 heavy (non-hydrogen) atoms. The molecule has 2 fully saturated rings. The predicted octanol–water partition coefficient (Wildman–Crippen LogP) is 3.85. The molecular weight excluding hydrogens is 418 g/mol. The number of fused-ring (bicyclic) bond motifs is 1. The predicted molar refractivity (Wildman–Crippen MR) is 124 cm³/mol. The summed E-state index contributed by atoms with van der Waals surface area (Å²) in [5.74, 6) is 1.90. The van der Waals surface area contributed by atoms with Gasteiger partial charge in [0.25, 0.3) is 0 Å². The molecule has 5 rings (SSSR count). The van der Waals surface area contributed by atoms with Crippen LogP contribution in [0.2, 0.25) is 0 Å². The third-order valence-corrected chi connectivity index (χ3v) is 7.29. The number of hydrogen-bond acceptors (Lipinski definition) is 5. The van der Waals surface area contributed by atoms with E-state index in [0.717, 1.165) is 61.2 Å². The Balaban J connectivity index is 1.35. The first-order valence-electron chi connectivity index (χ1n) is 12.0. The lowest BCUT2D eigenvalue weighted by atomic mass is 9.76. The van der Waals surface area contributed by atoms with Crippen LogP contribution >= 0.6 is 0 Å². The molecule has 1 unspecified atom stereocenters. The van der Waals surface area contributed by atoms with Gasteiger partial charge in [-0.3, -0.25) is 9.59 Å². The van der Waals surface area contributed by atoms with E-state index in [0.29, 0.717) is 32.1 Å². The molecule has 2 aromatic rings. The topological polar surface area (TPSA) is 80.8 Å². The molecule has 1 saturated heterocycles. The van der Waals surface area contributed by atoms with Gasteiger partial charge in [-0.05, 0) is 61.9 Å². The lowest BCUT2D eigenvalue weighted by molar-refractivity contribution is -0.140. The normalized spacial score (nSPS) is 21.5. The van der Waals surface area contributed by atoms with Gasteiger partial charge in [0.05, 0.1) is 11.3 Å². The molecular formula is C26H31N3O4. The number of aromatic nitrogens is 1. The standard InChI is InChI=1S/C26H31N3O4/c1-18-6-4-12-27-23(18)28-24(30)19-7-5-13-29(17-19)25(31)26(10-2-3-11-26)20-8-9-21-22(16-20)33-15-14-32-21/h4,6,8-9,12,16,19H,2-3,5,7,10-11,13-15,17H2,1H3,(H,27,28,30). The maximum absolute atomic E-state index is 14.0. The summed E-state index contributed by atoms with van der Waals surface area (Å²) in [6.07, 6.45) is 6.98. The van der Waals surface area contributed by atoms with Crippen LogP contribution in [0.25, 0.3) is 0 Å². The number of nitrogens with zero attached hydrogens (tertiary/aromatic N) is 2. The number of carbonyl (C=O) groups is 2. The molecule has 0 spiro atoms. The quantitative estimate of drug-likeness (QED) is 0.767. The summed E-state index contributed by atoms with van der Waals surface area (Å²) in [5.41, 5.74) is 1.38. The molecule has 1 aromatic heterocycles. The van der Waals surface area contributed by atoms with Crippen LogP contribution in [0.5, 0.6) is 11.5 Å². The zero-order valence-corrected chi connectivity index (χ0v) is 19.1. The molecule has 3 heterocycles. The highest BCUT2D eigenvalue weighted by molar-refractivity contribution is 5.94. The van der Waals surface area contributed by atoms with Crippen molar-refractivity contribution in [2.45, 2.75) is 50.9 Å². The zero-order chi connectivity index (χ0) is 22.8. The molecule has 1 saturated carbocycles. The first-order valence-corrected chi connectivity index (χ1v) is 12.0. The van der Waals surface area contributed by atoms with Crippen LogP contribution in [0.1, 0.15) is 49.7 Å². The second-order valence-electron chi connectivity index (χ2n) is 9.40. The molecule has 1 aliphatic carbocycles. The van der Waals surface area contributed by atoms with Crippen LogP contribution in [-0.2, 0) is 15.0 Å². The van der Waals surface area contributed by atoms with Crippen molar-refractivity contribution < 1.29 is 19.1 Å². The van der Waals surface area contributed by atoms with Gasteiger partial charge in [0.15, 0.2) is 11.5 Å². The van der Waals surface area contributed by atoms with E-state index in [9.17, 15) is 9.59 Å². The average molecular weight is 450 g/mol. The van der Waals surface area contributed by atoms with E-state index in [-0.39, 0.29) is 17.7 Å². The number of amides is 2. The van der Waals surface area contributed by atoms with Crippen molar-refractivity contribution in [1.29, 1.82) is 0 Å². The Morgan fingerprint density at radius 2 is 1.88 bits per heavy atom. The van der Waals surface area contributed by atoms with E-state index >= 15 is 0 Å². The molecule has 1 N–H and O–H groups in total. The summed E-state index contributed by atoms with van der Waals surface area (Å²) in [4.78, 5) is 33.2. The monoisotopic (exact) mass is 449 g/mol. The number of aryl methyl sites for hydroxylation is 1. The van der Waals surface area contributed by atoms with Crippen LogP contribution in [0.4, 0.5) is 5.82 Å². The number of rotatable bonds is 4. The fourth-order valence-corrected chi connectivity index (χ4v) is 5.46. The second kappa shape index (κ2) is 9.04. The molecule has 2 aliphatic heterocycles. The molecule has 3 aliphatic rings. The van der Waals surface area contributed by atoms with Gasteiger partial charge < -0.3 is 19.7 Å². The maximum atomic E-state index is 14.0. The highest BCUT2D eigenvalue weighted by atomic mass is 16.6. The summed E-state index contributed by atoms with van der Waals surface area (Å²) >= 11 is 0. The highest BCUT2D eigenvalue weighted by Crippen LogP contribution is 2.46. The molecule has 0 radical (unpaired) electrons. The van der Waals surface area contributed by atoms with Crippen molar-refractivity contribution in [2.75, 3.05) is 31.6 Å². The van der Waals surface area contributed by atoms with Gasteiger partial charge in [-0.15, -0.1) is 0 Å². The number of likely N-dealkylation sites (tertiary alicyclic amines) is 1. The number of piperidine rings is 1. The molecule has 7 heteroatoms. The van der Waals surface area contributed by atoms with Crippen LogP contribution in [0, 0.1) is 12.8 Å². The van der Waals surface area contributed by atoms with Gasteiger partial charge in [0.1, 0.15) is 19.0 Å². The van der Waals surface area contributed by atoms with E-state index < -0.39 is 5.41 Å². The summed E-state index contributed by atoms with van der Waals surface area (Å²) in [5, 5.41) is 2.97. The molecule has 174 valence electrons. The van der Waals surface area contributed by atoms with Crippen LogP contribution in [0.3, 0.4) is 0 Å². The van der Waals surface area contributed by atoms with E-state index in [2.05, 4.69) is 10.3 Å². The number of nitrogens with one attached hydrogen (secondary N) is 1. The lowest BCUT2D eigenvalue weighted by Gasteiger charge is -2.39. The summed E-state index contributed by atoms with van der Waals surface area (Å²) in [6.45, 7) is 4.14. The van der Waals surface area contributed by atoms with Gasteiger partial charge in [0.2, 0.25) is 11.8 Å². The van der Waals surface area contributed by atoms with E-state index in [1.54, 1.807) is 6.20 Å². The van der Waals surface area contributed by atoms with Crippen molar-refractivity contribution in [2.24, 2.45) is 5.92 Å². The zero-order valence-electron chi connectivity index (χ0n) is 19.1. The van der Waals surface area contributed by atoms with Gasteiger partial charge in [-0.1, -0.05) is 25.0 Å². The van der Waals surface area contributed by atoms with Crippen LogP contribution in [0.15, 0.2) is 36.5 Å². The van der Waals surface area contributed by atoms with E-state index in [1.165, 1.54) is 0 Å². The number of anilines is 1. The van der Waals surface area contributed by atoms with Gasteiger partial charge >= 0.3 is 0 Å². The van der Waals surface area contributed by atoms with Crippen molar-refractivity contribution in [3.05, 3.63) is 47.7 Å². The van der Waals surface area contributed by atoms with Gasteiger partial charge in [-0.25, -0.2) is 4.98 Å². The number of benzene rings is 1. The molecule has 2 amide bonds. The number of carbonyl (C=O) groups excluding carboxylic acids is 2. The van der Waals surface area contributed by atoms with Crippen molar-refractivity contribution in [3.8, 4) is 11.5 Å². The Morgan fingerprint density at radius 1 is 1.09 bits per heavy atom. The van der Waals surface area contributed by atoms with Crippen molar-refractivity contribution in [1.82, 2.24) is 9.88 Å². The highest BCUT2D eigenvalue weighted by Gasteiger charge is 2.46. The number of ether oxygens (including phenoxy) is 2. The third-order valence-electron chi connectivity index (χ3n) is 7.29. The minimum absolute atomic E-state index is 0.0610. The Bertz CT molecular complexity index is 1050. The van der Waals surface area contributed by atoms with E-state index in [1.807, 2.05) is 42.2 Å². The molecule has 7 nitrogen and oxygen atoms in total. The third kappa shape index (κ3) is 4.16. The van der Waals surface area contributed by atoms with E-state index in [4.69, 9.17) is 9.47 Å². The summed E-state index contributed by atoms with van der Waals surface area (Å²) < 4.78 is 11.5. The second-order valence-corrected chi connectivity index (χ2v) is 9.40. The Morgan fingerprint density at radius 3 is 2.67 bits per heavy atom. The van der Waals surface area contributed by atoms with Crippen LogP contribution < -0.4 is 14.8 Å². The minimum atomic E-state index is -0.550. The largest absolute Gasteiger partial charge is 0.486 e. The average Bonchev–Trinajstić information content (AvgIpc) is 3.36. The first kappa shape index (κ1) is 21.7. The Kier molecular flexibility index (Phi) is 5.96. The Hall–Kier alpha value is -3.09.